The number of sulfonamides is 1. The molecule has 3 rings (SSSR count). The van der Waals surface area contributed by atoms with Crippen LogP contribution in [0.3, 0.4) is 0 Å². The summed E-state index contributed by atoms with van der Waals surface area (Å²) in [6.45, 7) is 4.92. The lowest BCUT2D eigenvalue weighted by Crippen LogP contribution is -2.36. The van der Waals surface area contributed by atoms with Crippen LogP contribution in [0.2, 0.25) is 0 Å². The molecule has 8 heteroatoms. The van der Waals surface area contributed by atoms with Gasteiger partial charge in [-0.05, 0) is 44.5 Å². The molecular weight excluding hydrogens is 352 g/mol. The van der Waals surface area contributed by atoms with E-state index in [0.29, 0.717) is 30.8 Å². The number of amides is 1. The van der Waals surface area contributed by atoms with E-state index in [9.17, 15) is 13.2 Å². The van der Waals surface area contributed by atoms with Crippen molar-refractivity contribution in [3.63, 3.8) is 0 Å². The zero-order valence-electron chi connectivity index (χ0n) is 15.3. The van der Waals surface area contributed by atoms with Crippen LogP contribution in [0.1, 0.15) is 36.2 Å². The normalized spacial score (nSPS) is 16.2. The Bertz CT molecular complexity index is 887. The Labute approximate surface area is 154 Å². The predicted octanol–water partition coefficient (Wildman–Crippen LogP) is 2.01. The third-order valence-corrected chi connectivity index (χ3v) is 6.37. The monoisotopic (exact) mass is 376 g/mol. The van der Waals surface area contributed by atoms with Crippen LogP contribution in [0.25, 0.3) is 0 Å². The molecule has 0 unspecified atom stereocenters. The molecule has 0 spiro atoms. The number of carbonyl (C=O) groups is 1. The van der Waals surface area contributed by atoms with Gasteiger partial charge in [0.15, 0.2) is 0 Å². The van der Waals surface area contributed by atoms with Crippen LogP contribution in [0.15, 0.2) is 36.7 Å². The summed E-state index contributed by atoms with van der Waals surface area (Å²) in [5, 5.41) is 4.15. The van der Waals surface area contributed by atoms with E-state index in [2.05, 4.69) is 5.10 Å². The summed E-state index contributed by atoms with van der Waals surface area (Å²) in [5.41, 5.74) is 2.12. The van der Waals surface area contributed by atoms with E-state index in [1.165, 1.54) is 4.31 Å². The SMILES string of the molecule is CC(C)N(Cc1cnn(C)c1)C(=O)c1ccc(N2CCCS2(=O)=O)cc1. The minimum Gasteiger partial charge on any atom is -0.332 e. The van der Waals surface area contributed by atoms with Gasteiger partial charge in [-0.25, -0.2) is 8.42 Å². The van der Waals surface area contributed by atoms with Crippen LogP contribution in [-0.2, 0) is 23.6 Å². The molecule has 0 saturated carbocycles. The van der Waals surface area contributed by atoms with E-state index in [1.54, 1.807) is 40.0 Å². The van der Waals surface area contributed by atoms with Crippen LogP contribution < -0.4 is 4.31 Å². The Morgan fingerprint density at radius 3 is 2.46 bits per heavy atom. The van der Waals surface area contributed by atoms with Gasteiger partial charge in [-0.15, -0.1) is 0 Å². The first-order valence-corrected chi connectivity index (χ1v) is 10.3. The minimum atomic E-state index is -3.21. The van der Waals surface area contributed by atoms with Gasteiger partial charge >= 0.3 is 0 Å². The Hall–Kier alpha value is -2.35. The van der Waals surface area contributed by atoms with E-state index in [0.717, 1.165) is 5.56 Å². The van der Waals surface area contributed by atoms with Crippen LogP contribution in [0.4, 0.5) is 5.69 Å². The molecule has 1 fully saturated rings. The fraction of sp³-hybridized carbons (Fsp3) is 0.444. The highest BCUT2D eigenvalue weighted by atomic mass is 32.2. The van der Waals surface area contributed by atoms with Crippen molar-refractivity contribution in [3.05, 3.63) is 47.8 Å². The molecule has 2 heterocycles. The van der Waals surface area contributed by atoms with Crippen molar-refractivity contribution in [1.82, 2.24) is 14.7 Å². The van der Waals surface area contributed by atoms with Gasteiger partial charge < -0.3 is 4.90 Å². The van der Waals surface area contributed by atoms with Crippen LogP contribution >= 0.6 is 0 Å². The van der Waals surface area contributed by atoms with Gasteiger partial charge in [-0.3, -0.25) is 13.8 Å². The molecule has 7 nitrogen and oxygen atoms in total. The van der Waals surface area contributed by atoms with Gasteiger partial charge in [-0.2, -0.15) is 5.10 Å². The summed E-state index contributed by atoms with van der Waals surface area (Å²) >= 11 is 0. The molecule has 1 amide bonds. The third kappa shape index (κ3) is 3.75. The lowest BCUT2D eigenvalue weighted by Gasteiger charge is -2.26. The summed E-state index contributed by atoms with van der Waals surface area (Å²) < 4.78 is 27.2. The van der Waals surface area contributed by atoms with Gasteiger partial charge in [0, 0.05) is 43.5 Å². The maximum atomic E-state index is 12.9. The first-order chi connectivity index (χ1) is 12.3. The maximum Gasteiger partial charge on any atom is 0.254 e. The Kier molecular flexibility index (Phi) is 5.04. The largest absolute Gasteiger partial charge is 0.332 e. The number of rotatable bonds is 5. The van der Waals surface area contributed by atoms with Crippen molar-refractivity contribution in [3.8, 4) is 0 Å². The van der Waals surface area contributed by atoms with Gasteiger partial charge in [0.25, 0.3) is 5.91 Å². The van der Waals surface area contributed by atoms with Crippen molar-refractivity contribution < 1.29 is 13.2 Å². The van der Waals surface area contributed by atoms with Crippen molar-refractivity contribution in [1.29, 1.82) is 0 Å². The maximum absolute atomic E-state index is 12.9. The van der Waals surface area contributed by atoms with Gasteiger partial charge in [0.2, 0.25) is 10.0 Å². The second-order valence-electron chi connectivity index (χ2n) is 6.84. The Balaban J connectivity index is 1.79. The average Bonchev–Trinajstić information content (AvgIpc) is 3.16. The van der Waals surface area contributed by atoms with E-state index < -0.39 is 10.0 Å². The molecule has 1 aliphatic heterocycles. The first kappa shape index (κ1) is 18.4. The van der Waals surface area contributed by atoms with E-state index in [-0.39, 0.29) is 17.7 Å². The fourth-order valence-corrected chi connectivity index (χ4v) is 4.67. The van der Waals surface area contributed by atoms with E-state index in [4.69, 9.17) is 0 Å². The zero-order chi connectivity index (χ0) is 18.9. The number of benzene rings is 1. The molecule has 1 aromatic carbocycles. The molecule has 1 aromatic heterocycles. The van der Waals surface area contributed by atoms with Crippen LogP contribution in [-0.4, -0.2) is 47.3 Å². The van der Waals surface area contributed by atoms with Crippen molar-refractivity contribution >= 4 is 21.6 Å². The second-order valence-corrected chi connectivity index (χ2v) is 8.85. The Morgan fingerprint density at radius 2 is 1.96 bits per heavy atom. The summed E-state index contributed by atoms with van der Waals surface area (Å²) in [6.07, 6.45) is 4.28. The minimum absolute atomic E-state index is 0.0290. The molecule has 0 atom stereocenters. The predicted molar refractivity (Wildman–Crippen MR) is 100 cm³/mol. The fourth-order valence-electron chi connectivity index (χ4n) is 3.10. The molecular formula is C18H24N4O3S. The number of hydrogen-bond donors (Lipinski definition) is 0. The summed E-state index contributed by atoms with van der Waals surface area (Å²) in [7, 11) is -1.37. The van der Waals surface area contributed by atoms with Gasteiger partial charge in [0.05, 0.1) is 17.6 Å². The van der Waals surface area contributed by atoms with Crippen LogP contribution in [0.5, 0.6) is 0 Å². The lowest BCUT2D eigenvalue weighted by molar-refractivity contribution is 0.0690. The summed E-state index contributed by atoms with van der Waals surface area (Å²) in [6, 6.07) is 6.84. The van der Waals surface area contributed by atoms with E-state index in [1.807, 2.05) is 27.1 Å². The summed E-state index contributed by atoms with van der Waals surface area (Å²) in [5.74, 6) is 0.0968. The highest BCUT2D eigenvalue weighted by molar-refractivity contribution is 7.93. The van der Waals surface area contributed by atoms with E-state index >= 15 is 0 Å². The number of carbonyl (C=O) groups excluding carboxylic acids is 1. The number of nitrogens with zero attached hydrogens (tertiary/aromatic N) is 4. The molecule has 26 heavy (non-hydrogen) atoms. The number of aromatic nitrogens is 2. The van der Waals surface area contributed by atoms with Crippen molar-refractivity contribution in [2.75, 3.05) is 16.6 Å². The van der Waals surface area contributed by atoms with Crippen molar-refractivity contribution in [2.24, 2.45) is 7.05 Å². The standard InChI is InChI=1S/C18H24N4O3S/c1-14(2)21(13-15-11-19-20(3)12-15)18(23)16-5-7-17(8-6-16)22-9-4-10-26(22,24)25/h5-8,11-12,14H,4,9-10,13H2,1-3H3. The quantitative estimate of drug-likeness (QED) is 0.800. The molecule has 2 aromatic rings. The molecule has 0 N–H and O–H groups in total. The van der Waals surface area contributed by atoms with Crippen LogP contribution in [0, 0.1) is 0 Å². The molecule has 140 valence electrons. The average molecular weight is 376 g/mol. The number of hydrogen-bond acceptors (Lipinski definition) is 4. The summed E-state index contributed by atoms with van der Waals surface area (Å²) in [4.78, 5) is 14.7. The first-order valence-electron chi connectivity index (χ1n) is 8.67. The second kappa shape index (κ2) is 7.11. The topological polar surface area (TPSA) is 75.5 Å². The number of aryl methyl sites for hydroxylation is 1. The smallest absolute Gasteiger partial charge is 0.254 e. The van der Waals surface area contributed by atoms with Gasteiger partial charge in [-0.1, -0.05) is 0 Å². The lowest BCUT2D eigenvalue weighted by atomic mass is 10.1. The highest BCUT2D eigenvalue weighted by Gasteiger charge is 2.28. The molecule has 1 saturated heterocycles. The highest BCUT2D eigenvalue weighted by Crippen LogP contribution is 2.25. The molecule has 0 bridgehead atoms. The third-order valence-electron chi connectivity index (χ3n) is 4.50. The number of anilines is 1. The van der Waals surface area contributed by atoms with Gasteiger partial charge in [0.1, 0.15) is 0 Å². The molecule has 1 aliphatic rings. The van der Waals surface area contributed by atoms with Crippen molar-refractivity contribution in [2.45, 2.75) is 32.9 Å². The Morgan fingerprint density at radius 1 is 1.27 bits per heavy atom. The molecule has 0 aliphatic carbocycles. The zero-order valence-corrected chi connectivity index (χ0v) is 16.1. The molecule has 0 radical (unpaired) electrons.